The van der Waals surface area contributed by atoms with E-state index >= 15 is 0 Å². The van der Waals surface area contributed by atoms with Crippen LogP contribution in [0.5, 0.6) is 0 Å². The van der Waals surface area contributed by atoms with Crippen molar-refractivity contribution in [2.75, 3.05) is 29.9 Å². The number of nitrogens with zero attached hydrogens (tertiary/aromatic N) is 1. The van der Waals surface area contributed by atoms with E-state index in [0.717, 1.165) is 24.5 Å². The molecule has 25 heavy (non-hydrogen) atoms. The second-order valence-corrected chi connectivity index (χ2v) is 8.53. The molecular formula is C18H31N3O3S. The third kappa shape index (κ3) is 7.44. The van der Waals surface area contributed by atoms with Gasteiger partial charge in [-0.25, -0.2) is 13.1 Å². The summed E-state index contributed by atoms with van der Waals surface area (Å²) in [5.74, 6) is -0.0534. The average Bonchev–Trinajstić information content (AvgIpc) is 2.57. The third-order valence-corrected chi connectivity index (χ3v) is 5.88. The summed E-state index contributed by atoms with van der Waals surface area (Å²) in [5, 5.41) is 2.44. The molecule has 0 heterocycles. The Labute approximate surface area is 152 Å². The number of nitrogens with one attached hydrogen (secondary N) is 2. The van der Waals surface area contributed by atoms with E-state index in [0.29, 0.717) is 25.8 Å². The monoisotopic (exact) mass is 369 g/mol. The van der Waals surface area contributed by atoms with E-state index in [9.17, 15) is 13.2 Å². The van der Waals surface area contributed by atoms with Gasteiger partial charge < -0.3 is 10.2 Å². The van der Waals surface area contributed by atoms with Crippen molar-refractivity contribution in [2.45, 2.75) is 52.2 Å². The first kappa shape index (κ1) is 21.4. The van der Waals surface area contributed by atoms with Crippen LogP contribution in [-0.2, 0) is 14.8 Å². The second kappa shape index (κ2) is 10.4. The van der Waals surface area contributed by atoms with Gasteiger partial charge in [-0.05, 0) is 64.8 Å². The molecule has 142 valence electrons. The van der Waals surface area contributed by atoms with Crippen LogP contribution in [0.4, 0.5) is 11.4 Å². The molecule has 7 heteroatoms. The molecule has 2 N–H and O–H groups in total. The Balaban J connectivity index is 2.33. The van der Waals surface area contributed by atoms with Crippen LogP contribution in [0.25, 0.3) is 0 Å². The van der Waals surface area contributed by atoms with Gasteiger partial charge in [0.2, 0.25) is 15.9 Å². The standard InChI is InChI=1S/C18H31N3O3S/c1-5-21(6-2)17-12-10-16(11-13-17)20-18(22)9-7-8-14-19-25(23,24)15(3)4/h10-13,15,19H,5-9,14H2,1-4H3,(H,20,22). The largest absolute Gasteiger partial charge is 0.372 e. The first-order valence-corrected chi connectivity index (χ1v) is 10.5. The molecule has 0 aliphatic rings. The van der Waals surface area contributed by atoms with Gasteiger partial charge in [0, 0.05) is 37.4 Å². The van der Waals surface area contributed by atoms with E-state index in [1.54, 1.807) is 13.8 Å². The Morgan fingerprint density at radius 3 is 2.20 bits per heavy atom. The van der Waals surface area contributed by atoms with Crippen molar-refractivity contribution in [2.24, 2.45) is 0 Å². The topological polar surface area (TPSA) is 78.5 Å². The van der Waals surface area contributed by atoms with E-state index in [1.165, 1.54) is 0 Å². The van der Waals surface area contributed by atoms with Crippen molar-refractivity contribution >= 4 is 27.3 Å². The van der Waals surface area contributed by atoms with Gasteiger partial charge in [-0.3, -0.25) is 4.79 Å². The summed E-state index contributed by atoms with van der Waals surface area (Å²) in [6, 6.07) is 7.82. The predicted molar refractivity (Wildman–Crippen MR) is 105 cm³/mol. The quantitative estimate of drug-likeness (QED) is 0.588. The Bertz CT molecular complexity index is 623. The molecule has 0 fully saturated rings. The lowest BCUT2D eigenvalue weighted by Gasteiger charge is -2.21. The van der Waals surface area contributed by atoms with Gasteiger partial charge >= 0.3 is 0 Å². The van der Waals surface area contributed by atoms with Crippen molar-refractivity contribution in [1.82, 2.24) is 4.72 Å². The zero-order valence-electron chi connectivity index (χ0n) is 15.7. The van der Waals surface area contributed by atoms with Crippen LogP contribution in [0.2, 0.25) is 0 Å². The molecule has 1 rings (SSSR count). The molecule has 0 saturated heterocycles. The average molecular weight is 370 g/mol. The lowest BCUT2D eigenvalue weighted by atomic mass is 10.2. The summed E-state index contributed by atoms with van der Waals surface area (Å²) in [7, 11) is -3.22. The van der Waals surface area contributed by atoms with Crippen molar-refractivity contribution < 1.29 is 13.2 Å². The zero-order valence-corrected chi connectivity index (χ0v) is 16.5. The normalized spacial score (nSPS) is 11.6. The number of rotatable bonds is 11. The highest BCUT2D eigenvalue weighted by Crippen LogP contribution is 2.18. The Hall–Kier alpha value is -1.60. The van der Waals surface area contributed by atoms with Crippen molar-refractivity contribution in [3.05, 3.63) is 24.3 Å². The first-order valence-electron chi connectivity index (χ1n) is 8.93. The molecule has 0 radical (unpaired) electrons. The number of unbranched alkanes of at least 4 members (excludes halogenated alkanes) is 1. The summed E-state index contributed by atoms with van der Waals surface area (Å²) in [4.78, 5) is 14.2. The summed E-state index contributed by atoms with van der Waals surface area (Å²) in [6.07, 6.45) is 1.66. The van der Waals surface area contributed by atoms with Gasteiger partial charge in [-0.2, -0.15) is 0 Å². The van der Waals surface area contributed by atoms with E-state index in [-0.39, 0.29) is 5.91 Å². The van der Waals surface area contributed by atoms with Gasteiger partial charge in [-0.1, -0.05) is 0 Å². The smallest absolute Gasteiger partial charge is 0.224 e. The summed E-state index contributed by atoms with van der Waals surface area (Å²) in [6.45, 7) is 9.77. The van der Waals surface area contributed by atoms with E-state index in [1.807, 2.05) is 24.3 Å². The van der Waals surface area contributed by atoms with E-state index in [2.05, 4.69) is 28.8 Å². The number of carbonyl (C=O) groups is 1. The molecule has 1 amide bonds. The van der Waals surface area contributed by atoms with E-state index < -0.39 is 15.3 Å². The molecule has 0 spiro atoms. The molecule has 0 unspecified atom stereocenters. The number of hydrogen-bond donors (Lipinski definition) is 2. The maximum atomic E-state index is 12.0. The Kier molecular flexibility index (Phi) is 8.92. The maximum Gasteiger partial charge on any atom is 0.224 e. The fourth-order valence-corrected chi connectivity index (χ4v) is 3.12. The summed E-state index contributed by atoms with van der Waals surface area (Å²) >= 11 is 0. The van der Waals surface area contributed by atoms with Gasteiger partial charge in [0.25, 0.3) is 0 Å². The van der Waals surface area contributed by atoms with Crippen LogP contribution >= 0.6 is 0 Å². The summed E-state index contributed by atoms with van der Waals surface area (Å²) < 4.78 is 25.7. The molecule has 0 aromatic heterocycles. The number of amides is 1. The van der Waals surface area contributed by atoms with E-state index in [4.69, 9.17) is 0 Å². The number of carbonyl (C=O) groups excluding carboxylic acids is 1. The minimum atomic E-state index is -3.22. The van der Waals surface area contributed by atoms with Crippen LogP contribution < -0.4 is 14.9 Å². The van der Waals surface area contributed by atoms with Crippen LogP contribution in [0.3, 0.4) is 0 Å². The highest BCUT2D eigenvalue weighted by molar-refractivity contribution is 7.90. The predicted octanol–water partition coefficient (Wildman–Crippen LogP) is 2.97. The molecule has 0 aliphatic carbocycles. The van der Waals surface area contributed by atoms with Crippen LogP contribution in [0, 0.1) is 0 Å². The van der Waals surface area contributed by atoms with Gasteiger partial charge in [0.15, 0.2) is 0 Å². The van der Waals surface area contributed by atoms with Crippen molar-refractivity contribution in [3.63, 3.8) is 0 Å². The van der Waals surface area contributed by atoms with Crippen molar-refractivity contribution in [1.29, 1.82) is 0 Å². The molecule has 1 aromatic rings. The minimum Gasteiger partial charge on any atom is -0.372 e. The lowest BCUT2D eigenvalue weighted by Crippen LogP contribution is -2.31. The second-order valence-electron chi connectivity index (χ2n) is 6.21. The molecule has 0 bridgehead atoms. The highest BCUT2D eigenvalue weighted by Gasteiger charge is 2.14. The van der Waals surface area contributed by atoms with Crippen molar-refractivity contribution in [3.8, 4) is 0 Å². The Morgan fingerprint density at radius 1 is 1.08 bits per heavy atom. The fourth-order valence-electron chi connectivity index (χ4n) is 2.36. The molecule has 0 aliphatic heterocycles. The van der Waals surface area contributed by atoms with Crippen LogP contribution in [0.15, 0.2) is 24.3 Å². The Morgan fingerprint density at radius 2 is 1.68 bits per heavy atom. The molecule has 1 aromatic carbocycles. The first-order chi connectivity index (χ1) is 11.8. The summed E-state index contributed by atoms with van der Waals surface area (Å²) in [5.41, 5.74) is 1.92. The number of hydrogen-bond acceptors (Lipinski definition) is 4. The van der Waals surface area contributed by atoms with Gasteiger partial charge in [0.05, 0.1) is 5.25 Å². The third-order valence-electron chi connectivity index (χ3n) is 4.03. The molecule has 0 atom stereocenters. The van der Waals surface area contributed by atoms with Crippen LogP contribution in [-0.4, -0.2) is 39.2 Å². The van der Waals surface area contributed by atoms with Gasteiger partial charge in [-0.15, -0.1) is 0 Å². The zero-order chi connectivity index (χ0) is 18.9. The maximum absolute atomic E-state index is 12.0. The number of sulfonamides is 1. The van der Waals surface area contributed by atoms with Crippen LogP contribution in [0.1, 0.15) is 47.0 Å². The number of anilines is 2. The lowest BCUT2D eigenvalue weighted by molar-refractivity contribution is -0.116. The molecule has 0 saturated carbocycles. The van der Waals surface area contributed by atoms with Gasteiger partial charge in [0.1, 0.15) is 0 Å². The molecule has 6 nitrogen and oxygen atoms in total. The molecular weight excluding hydrogens is 338 g/mol. The number of benzene rings is 1. The minimum absolute atomic E-state index is 0.0534. The highest BCUT2D eigenvalue weighted by atomic mass is 32.2. The SMILES string of the molecule is CCN(CC)c1ccc(NC(=O)CCCCNS(=O)(=O)C(C)C)cc1. The fraction of sp³-hybridized carbons (Fsp3) is 0.611.